The molecule has 3 nitrogen and oxygen atoms in total. The van der Waals surface area contributed by atoms with Crippen LogP contribution >= 0.6 is 0 Å². The zero-order valence-corrected chi connectivity index (χ0v) is 14.0. The molecular formula is C10H24O3SSn. The maximum absolute atomic E-state index is 9.08. The van der Waals surface area contributed by atoms with E-state index in [0.29, 0.717) is 6.26 Å². The number of hydrogen-bond acceptors (Lipinski definition) is 3. The van der Waals surface area contributed by atoms with Crippen LogP contribution in [0.2, 0.25) is 13.3 Å². The third-order valence-electron chi connectivity index (χ3n) is 1.81. The van der Waals surface area contributed by atoms with Crippen LogP contribution in [0.3, 0.4) is 0 Å². The van der Waals surface area contributed by atoms with Gasteiger partial charge in [-0.2, -0.15) is 0 Å². The van der Waals surface area contributed by atoms with E-state index in [4.69, 9.17) is 13.0 Å². The van der Waals surface area contributed by atoms with E-state index in [-0.39, 0.29) is 0 Å². The van der Waals surface area contributed by atoms with Gasteiger partial charge in [0.2, 0.25) is 0 Å². The molecule has 0 aromatic rings. The minimum Gasteiger partial charge on any atom is -0.748 e. The van der Waals surface area contributed by atoms with Crippen LogP contribution in [0.25, 0.3) is 0 Å². The second-order valence-electron chi connectivity index (χ2n) is 3.70. The molecule has 0 fully saturated rings. The summed E-state index contributed by atoms with van der Waals surface area (Å²) in [7, 11) is -3.92. The molecule has 0 spiro atoms. The van der Waals surface area contributed by atoms with Gasteiger partial charge in [0.1, 0.15) is 0 Å². The molecule has 0 rings (SSSR count). The zero-order chi connectivity index (χ0) is 12.3. The molecule has 0 heterocycles. The van der Waals surface area contributed by atoms with Crippen LogP contribution in [0.1, 0.15) is 40.0 Å². The molecule has 0 atom stereocenters. The van der Waals surface area contributed by atoms with Gasteiger partial charge < -0.3 is 4.55 Å². The van der Waals surface area contributed by atoms with E-state index < -0.39 is 29.9 Å². The minimum atomic E-state index is -3.92. The fourth-order valence-corrected chi connectivity index (χ4v) is 9.63. The Morgan fingerprint density at radius 3 is 1.27 bits per heavy atom. The molecule has 0 aliphatic rings. The maximum atomic E-state index is 9.08. The molecule has 0 saturated heterocycles. The van der Waals surface area contributed by atoms with Crippen LogP contribution in [0, 0.1) is 0 Å². The number of rotatable bonds is 6. The van der Waals surface area contributed by atoms with Gasteiger partial charge in [-0.15, -0.1) is 0 Å². The first kappa shape index (κ1) is 18.1. The van der Waals surface area contributed by atoms with Crippen molar-refractivity contribution in [3.8, 4) is 0 Å². The minimum absolute atomic E-state index is 0.604. The molecule has 0 bridgehead atoms. The van der Waals surface area contributed by atoms with Crippen molar-refractivity contribution in [2.24, 2.45) is 0 Å². The predicted molar refractivity (Wildman–Crippen MR) is 66.7 cm³/mol. The Morgan fingerprint density at radius 1 is 0.933 bits per heavy atom. The van der Waals surface area contributed by atoms with Crippen molar-refractivity contribution in [2.45, 2.75) is 53.3 Å². The topological polar surface area (TPSA) is 57.2 Å². The Morgan fingerprint density at radius 2 is 1.13 bits per heavy atom. The van der Waals surface area contributed by atoms with Crippen molar-refractivity contribution in [1.29, 1.82) is 0 Å². The van der Waals surface area contributed by atoms with Crippen molar-refractivity contribution >= 4 is 29.9 Å². The van der Waals surface area contributed by atoms with Gasteiger partial charge >= 0.3 is 73.1 Å². The van der Waals surface area contributed by atoms with E-state index in [9.17, 15) is 0 Å². The number of hydrogen-bond donors (Lipinski definition) is 0. The smallest absolute Gasteiger partial charge is 0.0916 e. The average molecular weight is 343 g/mol. The molecule has 0 radical (unpaired) electrons. The van der Waals surface area contributed by atoms with Crippen molar-refractivity contribution in [3.63, 3.8) is 0 Å². The van der Waals surface area contributed by atoms with E-state index in [2.05, 4.69) is 20.8 Å². The molecule has 0 aliphatic carbocycles. The van der Waals surface area contributed by atoms with E-state index in [1.165, 1.54) is 19.3 Å². The summed E-state index contributed by atoms with van der Waals surface area (Å²) in [6.45, 7) is 7.02. The SMILES string of the molecule is CC[CH2][Sn+]([CH2]CC)[CH2]CC.CS(=O)(=O)[O-]. The van der Waals surface area contributed by atoms with Crippen LogP contribution in [0.5, 0.6) is 0 Å². The zero-order valence-electron chi connectivity index (χ0n) is 10.4. The summed E-state index contributed by atoms with van der Waals surface area (Å²) in [5.41, 5.74) is 0. The third-order valence-corrected chi connectivity index (χ3v) is 12.1. The van der Waals surface area contributed by atoms with E-state index >= 15 is 0 Å². The summed E-state index contributed by atoms with van der Waals surface area (Å²) in [6.07, 6.45) is 4.96. The third kappa shape index (κ3) is 25.2. The summed E-state index contributed by atoms with van der Waals surface area (Å²) in [5.74, 6) is 0. The first-order chi connectivity index (χ1) is 6.85. The molecule has 92 valence electrons. The molecule has 0 N–H and O–H groups in total. The predicted octanol–water partition coefficient (Wildman–Crippen LogP) is 2.87. The van der Waals surface area contributed by atoms with Gasteiger partial charge in [0.15, 0.2) is 0 Å². The fraction of sp³-hybridized carbons (Fsp3) is 1.00. The summed E-state index contributed by atoms with van der Waals surface area (Å²) >= 11 is -0.759. The van der Waals surface area contributed by atoms with E-state index in [1.54, 1.807) is 13.3 Å². The van der Waals surface area contributed by atoms with Crippen molar-refractivity contribution in [3.05, 3.63) is 0 Å². The van der Waals surface area contributed by atoms with Crippen molar-refractivity contribution in [1.82, 2.24) is 0 Å². The van der Waals surface area contributed by atoms with Gasteiger partial charge in [0.25, 0.3) is 0 Å². The molecule has 5 heteroatoms. The van der Waals surface area contributed by atoms with Gasteiger partial charge in [-0.05, 0) is 0 Å². The quantitative estimate of drug-likeness (QED) is 0.551. The van der Waals surface area contributed by atoms with Crippen molar-refractivity contribution < 1.29 is 13.0 Å². The average Bonchev–Trinajstić information content (AvgIpc) is 2.02. The normalized spacial score (nSPS) is 10.5. The Labute approximate surface area is 102 Å². The van der Waals surface area contributed by atoms with Crippen molar-refractivity contribution in [2.75, 3.05) is 6.26 Å². The summed E-state index contributed by atoms with van der Waals surface area (Å²) in [4.78, 5) is 0. The summed E-state index contributed by atoms with van der Waals surface area (Å²) in [5, 5.41) is 0. The van der Waals surface area contributed by atoms with Gasteiger partial charge in [-0.1, -0.05) is 0 Å². The molecule has 0 unspecified atom stereocenters. The van der Waals surface area contributed by atoms with Crippen LogP contribution < -0.4 is 0 Å². The first-order valence-corrected chi connectivity index (χ1v) is 13.5. The van der Waals surface area contributed by atoms with E-state index in [0.717, 1.165) is 0 Å². The van der Waals surface area contributed by atoms with Crippen LogP contribution in [-0.4, -0.2) is 39.0 Å². The Kier molecular flexibility index (Phi) is 13.5. The summed E-state index contributed by atoms with van der Waals surface area (Å²) < 4.78 is 32.2. The van der Waals surface area contributed by atoms with Gasteiger partial charge in [-0.25, -0.2) is 8.42 Å². The maximum Gasteiger partial charge on any atom is 0.0916 e. The van der Waals surface area contributed by atoms with Crippen LogP contribution in [0.4, 0.5) is 0 Å². The van der Waals surface area contributed by atoms with Gasteiger partial charge in [0.05, 0.1) is 10.1 Å². The molecule has 15 heavy (non-hydrogen) atoms. The molecule has 0 amide bonds. The molecule has 0 saturated carbocycles. The second-order valence-corrected chi connectivity index (χ2v) is 13.7. The first-order valence-electron chi connectivity index (χ1n) is 5.59. The van der Waals surface area contributed by atoms with E-state index in [1.807, 2.05) is 0 Å². The standard InChI is InChI=1S/3C3H7.CH4O3S.Sn/c3*1-3-2;1-5(2,3)4;/h3*1,3H2,2H3;1H3,(H,2,3,4);/q;;;;+1/p-1. The molecule has 0 aromatic heterocycles. The Balaban J connectivity index is 0. The Hall–Kier alpha value is 0.709. The molecule has 0 aliphatic heterocycles. The summed E-state index contributed by atoms with van der Waals surface area (Å²) in [6, 6.07) is 0. The second kappa shape index (κ2) is 11.2. The van der Waals surface area contributed by atoms with Gasteiger partial charge in [0, 0.05) is 6.26 Å². The molecule has 0 aromatic carbocycles. The van der Waals surface area contributed by atoms with Crippen LogP contribution in [0.15, 0.2) is 0 Å². The fourth-order valence-electron chi connectivity index (χ4n) is 1.44. The Bertz CT molecular complexity index is 192. The van der Waals surface area contributed by atoms with Gasteiger partial charge in [-0.3, -0.25) is 0 Å². The molecular weight excluding hydrogens is 319 g/mol. The monoisotopic (exact) mass is 344 g/mol. The van der Waals surface area contributed by atoms with Crippen LogP contribution in [-0.2, 0) is 10.1 Å². The largest absolute Gasteiger partial charge is 0.748 e.